The number of anilines is 1. The number of halogens is 1. The maximum absolute atomic E-state index is 13.0. The summed E-state index contributed by atoms with van der Waals surface area (Å²) < 4.78 is 13.0. The number of nitrogens with two attached hydrogens (primary N) is 2. The van der Waals surface area contributed by atoms with Gasteiger partial charge in [-0.05, 0) is 61.2 Å². The van der Waals surface area contributed by atoms with E-state index < -0.39 is 11.6 Å². The van der Waals surface area contributed by atoms with E-state index in [9.17, 15) is 14.0 Å². The van der Waals surface area contributed by atoms with Gasteiger partial charge in [-0.2, -0.15) is 4.98 Å². The average molecular weight is 538 g/mol. The summed E-state index contributed by atoms with van der Waals surface area (Å²) >= 11 is 0. The first kappa shape index (κ1) is 29.3. The normalized spacial score (nSPS) is 10.8. The van der Waals surface area contributed by atoms with Crippen LogP contribution in [0.3, 0.4) is 0 Å². The van der Waals surface area contributed by atoms with Gasteiger partial charge in [-0.3, -0.25) is 20.4 Å². The van der Waals surface area contributed by atoms with Gasteiger partial charge >= 0.3 is 6.03 Å². The second-order valence-electron chi connectivity index (χ2n) is 9.03. The summed E-state index contributed by atoms with van der Waals surface area (Å²) in [6, 6.07) is 13.2. The Morgan fingerprint density at radius 2 is 1.69 bits per heavy atom. The van der Waals surface area contributed by atoms with Gasteiger partial charge in [0.15, 0.2) is 5.96 Å². The van der Waals surface area contributed by atoms with E-state index in [0.717, 1.165) is 43.6 Å². The highest BCUT2D eigenvalue weighted by molar-refractivity contribution is 5.87. The van der Waals surface area contributed by atoms with Crippen LogP contribution >= 0.6 is 0 Å². The zero-order valence-electron chi connectivity index (χ0n) is 21.8. The Hall–Kier alpha value is -4.29. The van der Waals surface area contributed by atoms with Crippen molar-refractivity contribution in [3.63, 3.8) is 0 Å². The largest absolute Gasteiger partial charge is 0.370 e. The first-order valence-electron chi connectivity index (χ1n) is 12.8. The van der Waals surface area contributed by atoms with E-state index in [1.54, 1.807) is 12.1 Å². The van der Waals surface area contributed by atoms with Gasteiger partial charge in [0.25, 0.3) is 5.56 Å². The summed E-state index contributed by atoms with van der Waals surface area (Å²) in [4.78, 5) is 33.9. The molecule has 1 heterocycles. The molecule has 0 aliphatic carbocycles. The summed E-state index contributed by atoms with van der Waals surface area (Å²) in [6.45, 7) is 4.00. The second kappa shape index (κ2) is 15.2. The number of guanidine groups is 1. The summed E-state index contributed by atoms with van der Waals surface area (Å²) in [5.41, 5.74) is 13.6. The quantitative estimate of drug-likeness (QED) is 0.0933. The Balaban J connectivity index is 1.52. The molecule has 12 heteroatoms. The number of carbonyl (C=O) groups is 1. The molecule has 2 amide bonds. The molecule has 2 aromatic carbocycles. The minimum absolute atomic E-state index is 0.0332. The lowest BCUT2D eigenvalue weighted by molar-refractivity contribution is 0.252. The Bertz CT molecular complexity index is 1260. The van der Waals surface area contributed by atoms with Gasteiger partial charge in [0.05, 0.1) is 5.56 Å². The lowest BCUT2D eigenvalue weighted by atomic mass is 10.1. The number of urea groups is 1. The van der Waals surface area contributed by atoms with Crippen molar-refractivity contribution in [2.24, 2.45) is 11.5 Å². The molecule has 208 valence electrons. The predicted octanol–water partition coefficient (Wildman–Crippen LogP) is 1.96. The molecule has 0 bridgehead atoms. The van der Waals surface area contributed by atoms with Crippen molar-refractivity contribution in [2.75, 3.05) is 38.0 Å². The molecule has 39 heavy (non-hydrogen) atoms. The van der Waals surface area contributed by atoms with Crippen molar-refractivity contribution in [3.05, 3.63) is 82.0 Å². The van der Waals surface area contributed by atoms with Crippen LogP contribution in [0.15, 0.2) is 59.5 Å². The summed E-state index contributed by atoms with van der Waals surface area (Å²) in [6.07, 6.45) is 3.78. The van der Waals surface area contributed by atoms with Crippen molar-refractivity contribution in [1.82, 2.24) is 25.5 Å². The van der Waals surface area contributed by atoms with E-state index in [1.807, 2.05) is 24.3 Å². The van der Waals surface area contributed by atoms with Crippen LogP contribution in [-0.4, -0.2) is 59.6 Å². The minimum Gasteiger partial charge on any atom is -0.370 e. The van der Waals surface area contributed by atoms with Crippen molar-refractivity contribution in [3.8, 4) is 11.1 Å². The number of nitrogens with zero attached hydrogens (tertiary/aromatic N) is 2. The van der Waals surface area contributed by atoms with Crippen LogP contribution in [0.4, 0.5) is 15.1 Å². The second-order valence-corrected chi connectivity index (χ2v) is 9.03. The van der Waals surface area contributed by atoms with Gasteiger partial charge in [-0.1, -0.05) is 36.4 Å². The van der Waals surface area contributed by atoms with E-state index in [-0.39, 0.29) is 17.7 Å². The van der Waals surface area contributed by atoms with Crippen LogP contribution in [0.25, 0.3) is 11.1 Å². The Kier molecular flexibility index (Phi) is 11.4. The van der Waals surface area contributed by atoms with Crippen LogP contribution in [-0.2, 0) is 13.0 Å². The summed E-state index contributed by atoms with van der Waals surface area (Å²) in [7, 11) is 0. The van der Waals surface area contributed by atoms with E-state index in [1.165, 1.54) is 18.3 Å². The predicted molar refractivity (Wildman–Crippen MR) is 151 cm³/mol. The summed E-state index contributed by atoms with van der Waals surface area (Å²) in [5, 5.41) is 15.3. The molecule has 0 aliphatic heterocycles. The highest BCUT2D eigenvalue weighted by Crippen LogP contribution is 2.17. The lowest BCUT2D eigenvalue weighted by Gasteiger charge is -2.22. The number of benzene rings is 2. The zero-order chi connectivity index (χ0) is 28.0. The van der Waals surface area contributed by atoms with E-state index in [4.69, 9.17) is 16.9 Å². The van der Waals surface area contributed by atoms with Crippen molar-refractivity contribution >= 4 is 17.9 Å². The van der Waals surface area contributed by atoms with Crippen LogP contribution in [0.2, 0.25) is 0 Å². The Morgan fingerprint density at radius 3 is 2.36 bits per heavy atom. The first-order valence-corrected chi connectivity index (χ1v) is 12.8. The van der Waals surface area contributed by atoms with Crippen molar-refractivity contribution < 1.29 is 9.18 Å². The molecular weight excluding hydrogens is 501 g/mol. The molecule has 3 aromatic rings. The van der Waals surface area contributed by atoms with Crippen LogP contribution in [0.1, 0.15) is 24.0 Å². The van der Waals surface area contributed by atoms with Crippen LogP contribution < -0.4 is 33.0 Å². The number of nitrogens with one attached hydrogen (secondary N) is 5. The van der Waals surface area contributed by atoms with Crippen LogP contribution in [0.5, 0.6) is 0 Å². The van der Waals surface area contributed by atoms with Crippen molar-refractivity contribution in [2.45, 2.75) is 25.8 Å². The maximum Gasteiger partial charge on any atom is 0.321 e. The molecule has 0 radical (unpaired) electrons. The third-order valence-electron chi connectivity index (χ3n) is 5.96. The smallest absolute Gasteiger partial charge is 0.321 e. The molecule has 11 nitrogen and oxygen atoms in total. The van der Waals surface area contributed by atoms with Gasteiger partial charge < -0.3 is 27.1 Å². The number of hydrogen-bond acceptors (Lipinski definition) is 6. The molecule has 0 spiro atoms. The molecule has 0 atom stereocenters. The van der Waals surface area contributed by atoms with Gasteiger partial charge in [-0.25, -0.2) is 9.18 Å². The van der Waals surface area contributed by atoms with Gasteiger partial charge in [0.2, 0.25) is 5.95 Å². The molecule has 0 aliphatic rings. The van der Waals surface area contributed by atoms with Gasteiger partial charge in [0, 0.05) is 32.4 Å². The molecule has 0 fully saturated rings. The fourth-order valence-corrected chi connectivity index (χ4v) is 3.95. The molecule has 9 N–H and O–H groups in total. The Morgan fingerprint density at radius 1 is 1.00 bits per heavy atom. The molecule has 1 aromatic heterocycles. The van der Waals surface area contributed by atoms with E-state index in [2.05, 4.69) is 30.8 Å². The third kappa shape index (κ3) is 10.2. The van der Waals surface area contributed by atoms with Gasteiger partial charge in [-0.15, -0.1) is 0 Å². The number of amides is 2. The van der Waals surface area contributed by atoms with Crippen LogP contribution in [0, 0.1) is 11.2 Å². The molecule has 0 saturated heterocycles. The lowest BCUT2D eigenvalue weighted by Crippen LogP contribution is -2.34. The standard InChI is InChI=1S/C27H36FN9O2/c28-22-9-5-19(6-10-22)11-14-33-27(39)36-26-34-17-23(24(38)35-26)21-7-3-20(4-8-21)18-37(15-1-12-29)16-2-13-32-25(30)31/h3-10,17H,1-2,11-16,18,29H2,(H4,30,31,32)(H3,33,34,35,36,38,39). The molecule has 0 unspecified atom stereocenters. The zero-order valence-corrected chi connectivity index (χ0v) is 21.8. The number of aromatic amines is 1. The fraction of sp³-hybridized carbons (Fsp3) is 0.333. The molecule has 0 saturated carbocycles. The number of rotatable bonds is 14. The fourth-order valence-electron chi connectivity index (χ4n) is 3.95. The minimum atomic E-state index is -0.506. The van der Waals surface area contributed by atoms with Crippen molar-refractivity contribution in [1.29, 1.82) is 5.41 Å². The first-order chi connectivity index (χ1) is 18.8. The Labute approximate surface area is 226 Å². The maximum atomic E-state index is 13.0. The molecular formula is C27H36FN9O2. The highest BCUT2D eigenvalue weighted by Gasteiger charge is 2.10. The number of hydrogen-bond donors (Lipinski definition) is 7. The monoisotopic (exact) mass is 537 g/mol. The SMILES string of the molecule is N=C(N)NCCCN(CCCN)Cc1ccc(-c2c[nH]c(NC(=O)NCCc3ccc(F)cc3)nc2=O)cc1. The number of H-pyrrole nitrogens is 1. The van der Waals surface area contributed by atoms with E-state index in [0.29, 0.717) is 37.2 Å². The highest BCUT2D eigenvalue weighted by atomic mass is 19.1. The summed E-state index contributed by atoms with van der Waals surface area (Å²) in [5.74, 6) is -0.306. The molecule has 3 rings (SSSR count). The number of carbonyl (C=O) groups excluding carboxylic acids is 1. The third-order valence-corrected chi connectivity index (χ3v) is 5.96. The topological polar surface area (TPSA) is 178 Å². The van der Waals surface area contributed by atoms with Gasteiger partial charge in [0.1, 0.15) is 5.82 Å². The van der Waals surface area contributed by atoms with E-state index >= 15 is 0 Å². The number of aromatic nitrogens is 2. The average Bonchev–Trinajstić information content (AvgIpc) is 2.91.